The number of nitrogens with one attached hydrogen (secondary N) is 1. The Bertz CT molecular complexity index is 993. The second kappa shape index (κ2) is 54.2. The van der Waals surface area contributed by atoms with Gasteiger partial charge in [0, 0.05) is 0 Å². The standard InChI is InChI=1S/C59H113NO4/c1-3-5-7-9-11-13-15-17-19-21-22-23-24-25-26-27-28-29-30-31-32-33-34-35-36-37-38-40-42-44-46-48-50-52-56(62)54-59(64)60-57(55-61)58(63)53-51-49-47-45-43-41-39-20-18-16-14-12-10-8-6-4-2/h27-28,43,45,51,53,56-58,61-63H,3-26,29-42,44,46-50,52,54-55H2,1-2H3,(H,60,64)/b28-27-,45-43+,53-51+. The van der Waals surface area contributed by atoms with Gasteiger partial charge in [0.25, 0.3) is 0 Å². The molecule has 64 heavy (non-hydrogen) atoms. The smallest absolute Gasteiger partial charge is 0.222 e. The van der Waals surface area contributed by atoms with Crippen molar-refractivity contribution in [1.29, 1.82) is 0 Å². The highest BCUT2D eigenvalue weighted by Crippen LogP contribution is 2.17. The molecule has 1 amide bonds. The number of rotatable bonds is 53. The second-order valence-electron chi connectivity index (χ2n) is 19.9. The average Bonchev–Trinajstić information content (AvgIpc) is 3.29. The average molecular weight is 901 g/mol. The van der Waals surface area contributed by atoms with Crippen LogP contribution >= 0.6 is 0 Å². The van der Waals surface area contributed by atoms with Gasteiger partial charge < -0.3 is 20.6 Å². The normalized spacial score (nSPS) is 13.5. The van der Waals surface area contributed by atoms with Crippen molar-refractivity contribution in [2.45, 2.75) is 327 Å². The molecule has 0 aliphatic carbocycles. The summed E-state index contributed by atoms with van der Waals surface area (Å²) in [6.45, 7) is 4.23. The fraction of sp³-hybridized carbons (Fsp3) is 0.881. The lowest BCUT2D eigenvalue weighted by Crippen LogP contribution is -2.45. The first-order valence-electron chi connectivity index (χ1n) is 28.8. The predicted molar refractivity (Wildman–Crippen MR) is 282 cm³/mol. The molecule has 0 aliphatic heterocycles. The zero-order chi connectivity index (χ0) is 46.5. The molecule has 0 heterocycles. The van der Waals surface area contributed by atoms with E-state index in [9.17, 15) is 20.1 Å². The van der Waals surface area contributed by atoms with Gasteiger partial charge in [0.05, 0.1) is 31.3 Å². The number of aliphatic hydroxyl groups excluding tert-OH is 3. The van der Waals surface area contributed by atoms with E-state index >= 15 is 0 Å². The van der Waals surface area contributed by atoms with Crippen molar-refractivity contribution in [1.82, 2.24) is 5.32 Å². The fourth-order valence-electron chi connectivity index (χ4n) is 9.00. The van der Waals surface area contributed by atoms with Crippen LogP contribution in [0.4, 0.5) is 0 Å². The van der Waals surface area contributed by atoms with Gasteiger partial charge in [-0.05, 0) is 57.8 Å². The fourth-order valence-corrected chi connectivity index (χ4v) is 9.00. The third-order valence-electron chi connectivity index (χ3n) is 13.4. The molecular weight excluding hydrogens is 787 g/mol. The largest absolute Gasteiger partial charge is 0.394 e. The number of amides is 1. The van der Waals surface area contributed by atoms with Crippen molar-refractivity contribution in [2.24, 2.45) is 0 Å². The SMILES string of the molecule is CCCCCCCCCCCC/C=C/CC/C=C/C(O)C(CO)NC(=O)CC(O)CCCCCCCCCCCCCCCCC/C=C\CCCCCCCCCCCCCCCC. The van der Waals surface area contributed by atoms with Crippen LogP contribution in [0, 0.1) is 0 Å². The zero-order valence-electron chi connectivity index (χ0n) is 43.2. The molecule has 5 nitrogen and oxygen atoms in total. The summed E-state index contributed by atoms with van der Waals surface area (Å²) < 4.78 is 0. The summed E-state index contributed by atoms with van der Waals surface area (Å²) in [6, 6.07) is -0.760. The minimum Gasteiger partial charge on any atom is -0.394 e. The van der Waals surface area contributed by atoms with Crippen LogP contribution in [0.15, 0.2) is 36.5 Å². The van der Waals surface area contributed by atoms with E-state index in [-0.39, 0.29) is 18.9 Å². The van der Waals surface area contributed by atoms with Crippen LogP contribution in [-0.2, 0) is 4.79 Å². The molecule has 0 rings (SSSR count). The summed E-state index contributed by atoms with van der Waals surface area (Å²) >= 11 is 0. The highest BCUT2D eigenvalue weighted by Gasteiger charge is 2.20. The van der Waals surface area contributed by atoms with Crippen molar-refractivity contribution in [3.63, 3.8) is 0 Å². The number of unbranched alkanes of at least 4 members (excludes halogenated alkanes) is 40. The van der Waals surface area contributed by atoms with Crippen LogP contribution < -0.4 is 5.32 Å². The molecule has 0 bridgehead atoms. The molecule has 3 atom stereocenters. The molecule has 0 saturated heterocycles. The number of hydrogen-bond donors (Lipinski definition) is 4. The van der Waals surface area contributed by atoms with E-state index in [1.54, 1.807) is 6.08 Å². The van der Waals surface area contributed by atoms with Gasteiger partial charge in [0.1, 0.15) is 0 Å². The number of hydrogen-bond acceptors (Lipinski definition) is 4. The quantitative estimate of drug-likeness (QED) is 0.0362. The van der Waals surface area contributed by atoms with E-state index in [1.807, 2.05) is 6.08 Å². The summed E-state index contributed by atoms with van der Waals surface area (Å²) in [7, 11) is 0. The van der Waals surface area contributed by atoms with E-state index in [1.165, 1.54) is 250 Å². The maximum atomic E-state index is 12.5. The summed E-state index contributed by atoms with van der Waals surface area (Å²) in [6.07, 6.45) is 70.6. The Balaban J connectivity index is 3.52. The Morgan fingerprint density at radius 1 is 0.391 bits per heavy atom. The second-order valence-corrected chi connectivity index (χ2v) is 19.9. The van der Waals surface area contributed by atoms with Crippen LogP contribution in [-0.4, -0.2) is 46.1 Å². The van der Waals surface area contributed by atoms with Gasteiger partial charge in [-0.3, -0.25) is 4.79 Å². The van der Waals surface area contributed by atoms with Gasteiger partial charge in [-0.1, -0.05) is 281 Å². The Labute approximate surface area is 400 Å². The van der Waals surface area contributed by atoms with Crippen LogP contribution in [0.5, 0.6) is 0 Å². The van der Waals surface area contributed by atoms with E-state index in [0.29, 0.717) is 6.42 Å². The summed E-state index contributed by atoms with van der Waals surface area (Å²) in [5, 5.41) is 33.4. The van der Waals surface area contributed by atoms with Gasteiger partial charge in [-0.2, -0.15) is 0 Å². The van der Waals surface area contributed by atoms with Gasteiger partial charge >= 0.3 is 0 Å². The Morgan fingerprint density at radius 2 is 0.672 bits per heavy atom. The molecule has 3 unspecified atom stereocenters. The molecule has 0 fully saturated rings. The molecule has 378 valence electrons. The van der Waals surface area contributed by atoms with Crippen LogP contribution in [0.3, 0.4) is 0 Å². The van der Waals surface area contributed by atoms with Crippen LogP contribution in [0.1, 0.15) is 309 Å². The van der Waals surface area contributed by atoms with E-state index in [0.717, 1.165) is 32.1 Å². The van der Waals surface area contributed by atoms with Gasteiger partial charge in [-0.25, -0.2) is 0 Å². The molecule has 5 heteroatoms. The zero-order valence-corrected chi connectivity index (χ0v) is 43.2. The van der Waals surface area contributed by atoms with Crippen LogP contribution in [0.2, 0.25) is 0 Å². The van der Waals surface area contributed by atoms with Gasteiger partial charge in [0.2, 0.25) is 5.91 Å². The first-order chi connectivity index (χ1) is 31.5. The monoisotopic (exact) mass is 900 g/mol. The van der Waals surface area contributed by atoms with Crippen molar-refractivity contribution >= 4 is 5.91 Å². The summed E-state index contributed by atoms with van der Waals surface area (Å²) in [5.74, 6) is -0.322. The van der Waals surface area contributed by atoms with Crippen molar-refractivity contribution < 1.29 is 20.1 Å². The molecule has 4 N–H and O–H groups in total. The first-order valence-corrected chi connectivity index (χ1v) is 28.8. The minimum atomic E-state index is -0.951. The van der Waals surface area contributed by atoms with E-state index < -0.39 is 18.2 Å². The van der Waals surface area contributed by atoms with Crippen molar-refractivity contribution in [2.75, 3.05) is 6.61 Å². The number of allylic oxidation sites excluding steroid dienone is 5. The summed E-state index contributed by atoms with van der Waals surface area (Å²) in [4.78, 5) is 12.5. The molecule has 0 saturated carbocycles. The Hall–Kier alpha value is -1.43. The van der Waals surface area contributed by atoms with E-state index in [2.05, 4.69) is 43.5 Å². The van der Waals surface area contributed by atoms with Crippen molar-refractivity contribution in [3.8, 4) is 0 Å². The molecular formula is C59H113NO4. The summed E-state index contributed by atoms with van der Waals surface area (Å²) in [5.41, 5.74) is 0. The van der Waals surface area contributed by atoms with Gasteiger partial charge in [-0.15, -0.1) is 0 Å². The molecule has 0 aromatic heterocycles. The third-order valence-corrected chi connectivity index (χ3v) is 13.4. The number of carbonyl (C=O) groups excluding carboxylic acids is 1. The maximum Gasteiger partial charge on any atom is 0.222 e. The molecule has 0 aromatic rings. The number of carbonyl (C=O) groups is 1. The highest BCUT2D eigenvalue weighted by atomic mass is 16.3. The first kappa shape index (κ1) is 62.6. The molecule has 0 radical (unpaired) electrons. The van der Waals surface area contributed by atoms with Crippen molar-refractivity contribution in [3.05, 3.63) is 36.5 Å². The topological polar surface area (TPSA) is 89.8 Å². The lowest BCUT2D eigenvalue weighted by Gasteiger charge is -2.21. The predicted octanol–water partition coefficient (Wildman–Crippen LogP) is 17.8. The maximum absolute atomic E-state index is 12.5. The Kier molecular flexibility index (Phi) is 53.0. The molecule has 0 aromatic carbocycles. The van der Waals surface area contributed by atoms with Crippen LogP contribution in [0.25, 0.3) is 0 Å². The highest BCUT2D eigenvalue weighted by molar-refractivity contribution is 5.76. The third kappa shape index (κ3) is 50.0. The lowest BCUT2D eigenvalue weighted by molar-refractivity contribution is -0.124. The number of aliphatic hydroxyl groups is 3. The molecule has 0 spiro atoms. The molecule has 0 aliphatic rings. The lowest BCUT2D eigenvalue weighted by atomic mass is 10.0. The van der Waals surface area contributed by atoms with E-state index in [4.69, 9.17) is 0 Å². The van der Waals surface area contributed by atoms with Gasteiger partial charge in [0.15, 0.2) is 0 Å². The Morgan fingerprint density at radius 3 is 1.00 bits per heavy atom. The minimum absolute atomic E-state index is 0.00794.